The molecule has 1 aromatic carbocycles. The zero-order valence-corrected chi connectivity index (χ0v) is 13.0. The van der Waals surface area contributed by atoms with Gasteiger partial charge in [0, 0.05) is 18.3 Å². The number of nitrogens with one attached hydrogen (secondary N) is 2. The van der Waals surface area contributed by atoms with Crippen LogP contribution in [-0.4, -0.2) is 16.5 Å². The van der Waals surface area contributed by atoms with Crippen molar-refractivity contribution in [3.8, 4) is 0 Å². The summed E-state index contributed by atoms with van der Waals surface area (Å²) in [6.45, 7) is 4.60. The van der Waals surface area contributed by atoms with E-state index in [2.05, 4.69) is 27.5 Å². The Balaban J connectivity index is 2.24. The number of hydrogen-bond acceptors (Lipinski definition) is 4. The van der Waals surface area contributed by atoms with Crippen LogP contribution in [0.15, 0.2) is 30.3 Å². The smallest absolute Gasteiger partial charge is 0.370 e. The molecule has 0 aliphatic rings. The third kappa shape index (κ3) is 4.84. The first-order valence-corrected chi connectivity index (χ1v) is 7.43. The minimum atomic E-state index is -4.43. The van der Waals surface area contributed by atoms with Gasteiger partial charge in [0.15, 0.2) is 0 Å². The standard InChI is InChI=1S/C16H19F3N4/c1-3-4-9-20-14-10-11(2)21-15(23-14)22-13-8-6-5-7-12(13)16(17,18)19/h5-8,10H,3-4,9H2,1-2H3,(H2,20,21,22,23). The second kappa shape index (κ2) is 7.30. The summed E-state index contributed by atoms with van der Waals surface area (Å²) in [4.78, 5) is 8.37. The number of rotatable bonds is 6. The van der Waals surface area contributed by atoms with Gasteiger partial charge in [-0.05, 0) is 25.5 Å². The van der Waals surface area contributed by atoms with Crippen LogP contribution in [0.1, 0.15) is 31.0 Å². The zero-order valence-electron chi connectivity index (χ0n) is 13.0. The minimum absolute atomic E-state index is 0.0647. The van der Waals surface area contributed by atoms with Gasteiger partial charge in [0.1, 0.15) is 5.82 Å². The molecule has 1 heterocycles. The van der Waals surface area contributed by atoms with Crippen LogP contribution in [0.2, 0.25) is 0 Å². The first kappa shape index (κ1) is 17.1. The van der Waals surface area contributed by atoms with E-state index in [1.54, 1.807) is 13.0 Å². The molecule has 4 nitrogen and oxygen atoms in total. The number of unbranched alkanes of at least 4 members (excludes halogenated alkanes) is 1. The molecular formula is C16H19F3N4. The molecule has 23 heavy (non-hydrogen) atoms. The van der Waals surface area contributed by atoms with Crippen molar-refractivity contribution in [1.29, 1.82) is 0 Å². The number of alkyl halides is 3. The molecule has 2 rings (SSSR count). The third-order valence-corrected chi connectivity index (χ3v) is 3.17. The van der Waals surface area contributed by atoms with Crippen LogP contribution in [0, 0.1) is 6.92 Å². The molecule has 0 aliphatic heterocycles. The minimum Gasteiger partial charge on any atom is -0.370 e. The highest BCUT2D eigenvalue weighted by Gasteiger charge is 2.33. The lowest BCUT2D eigenvalue weighted by Crippen LogP contribution is -2.11. The molecule has 0 bridgehead atoms. The number of para-hydroxylation sites is 1. The highest BCUT2D eigenvalue weighted by atomic mass is 19.4. The van der Waals surface area contributed by atoms with Crippen LogP contribution in [-0.2, 0) is 6.18 Å². The average molecular weight is 324 g/mol. The number of anilines is 3. The van der Waals surface area contributed by atoms with E-state index in [0.717, 1.165) is 25.5 Å². The van der Waals surface area contributed by atoms with Gasteiger partial charge in [-0.15, -0.1) is 0 Å². The Labute approximate surface area is 133 Å². The molecular weight excluding hydrogens is 305 g/mol. The maximum atomic E-state index is 13.0. The lowest BCUT2D eigenvalue weighted by molar-refractivity contribution is -0.136. The van der Waals surface area contributed by atoms with E-state index in [4.69, 9.17) is 0 Å². The summed E-state index contributed by atoms with van der Waals surface area (Å²) >= 11 is 0. The summed E-state index contributed by atoms with van der Waals surface area (Å²) < 4.78 is 39.1. The van der Waals surface area contributed by atoms with Crippen molar-refractivity contribution in [2.45, 2.75) is 32.9 Å². The van der Waals surface area contributed by atoms with Gasteiger partial charge in [0.25, 0.3) is 0 Å². The van der Waals surface area contributed by atoms with Crippen LogP contribution in [0.25, 0.3) is 0 Å². The van der Waals surface area contributed by atoms with Gasteiger partial charge < -0.3 is 10.6 Å². The molecule has 0 amide bonds. The van der Waals surface area contributed by atoms with E-state index >= 15 is 0 Å². The molecule has 0 fully saturated rings. The second-order valence-electron chi connectivity index (χ2n) is 5.17. The van der Waals surface area contributed by atoms with Gasteiger partial charge in [-0.25, -0.2) is 4.98 Å². The highest BCUT2D eigenvalue weighted by molar-refractivity contribution is 5.60. The van der Waals surface area contributed by atoms with Crippen LogP contribution in [0.3, 0.4) is 0 Å². The SMILES string of the molecule is CCCCNc1cc(C)nc(Nc2ccccc2C(F)(F)F)n1. The molecule has 1 aromatic heterocycles. The average Bonchev–Trinajstić information content (AvgIpc) is 2.46. The lowest BCUT2D eigenvalue weighted by atomic mass is 10.1. The molecule has 0 radical (unpaired) electrons. The predicted molar refractivity (Wildman–Crippen MR) is 84.9 cm³/mol. The molecule has 0 saturated carbocycles. The normalized spacial score (nSPS) is 11.3. The van der Waals surface area contributed by atoms with Crippen LogP contribution < -0.4 is 10.6 Å². The van der Waals surface area contributed by atoms with Crippen molar-refractivity contribution < 1.29 is 13.2 Å². The summed E-state index contributed by atoms with van der Waals surface area (Å²) in [5.41, 5.74) is -0.137. The summed E-state index contributed by atoms with van der Waals surface area (Å²) in [6.07, 6.45) is -2.40. The van der Waals surface area contributed by atoms with Gasteiger partial charge >= 0.3 is 6.18 Å². The fraction of sp³-hybridized carbons (Fsp3) is 0.375. The first-order valence-electron chi connectivity index (χ1n) is 7.43. The van der Waals surface area contributed by atoms with E-state index in [-0.39, 0.29) is 11.6 Å². The lowest BCUT2D eigenvalue weighted by Gasteiger charge is -2.14. The topological polar surface area (TPSA) is 49.8 Å². The molecule has 0 unspecified atom stereocenters. The Morgan fingerprint density at radius 3 is 2.57 bits per heavy atom. The Morgan fingerprint density at radius 1 is 1.13 bits per heavy atom. The van der Waals surface area contributed by atoms with Gasteiger partial charge in [0.05, 0.1) is 11.3 Å². The largest absolute Gasteiger partial charge is 0.418 e. The Bertz CT molecular complexity index is 656. The molecule has 2 N–H and O–H groups in total. The molecule has 0 saturated heterocycles. The zero-order chi connectivity index (χ0) is 16.9. The second-order valence-corrected chi connectivity index (χ2v) is 5.17. The van der Waals surface area contributed by atoms with Crippen molar-refractivity contribution in [1.82, 2.24) is 9.97 Å². The van der Waals surface area contributed by atoms with E-state index in [9.17, 15) is 13.2 Å². The van der Waals surface area contributed by atoms with Gasteiger partial charge in [0.2, 0.25) is 5.95 Å². The number of halogens is 3. The number of aryl methyl sites for hydroxylation is 1. The van der Waals surface area contributed by atoms with Crippen molar-refractivity contribution in [3.05, 3.63) is 41.6 Å². The van der Waals surface area contributed by atoms with Gasteiger partial charge in [-0.2, -0.15) is 18.2 Å². The number of aromatic nitrogens is 2. The molecule has 0 spiro atoms. The van der Waals surface area contributed by atoms with Crippen molar-refractivity contribution in [3.63, 3.8) is 0 Å². The maximum Gasteiger partial charge on any atom is 0.418 e. The quantitative estimate of drug-likeness (QED) is 0.752. The molecule has 7 heteroatoms. The molecule has 0 aliphatic carbocycles. The van der Waals surface area contributed by atoms with Crippen LogP contribution >= 0.6 is 0 Å². The fourth-order valence-electron chi connectivity index (χ4n) is 2.07. The Kier molecular flexibility index (Phi) is 5.41. The summed E-state index contributed by atoms with van der Waals surface area (Å²) in [5.74, 6) is 0.735. The van der Waals surface area contributed by atoms with Crippen LogP contribution in [0.5, 0.6) is 0 Å². The van der Waals surface area contributed by atoms with Gasteiger partial charge in [-0.1, -0.05) is 25.5 Å². The molecule has 2 aromatic rings. The van der Waals surface area contributed by atoms with Crippen LogP contribution in [0.4, 0.5) is 30.6 Å². The van der Waals surface area contributed by atoms with E-state index in [1.807, 2.05) is 0 Å². The predicted octanol–water partition coefficient (Wildman–Crippen LogP) is 4.76. The Hall–Kier alpha value is -2.31. The maximum absolute atomic E-state index is 13.0. The van der Waals surface area contributed by atoms with Gasteiger partial charge in [-0.3, -0.25) is 0 Å². The number of nitrogens with zero attached hydrogens (tertiary/aromatic N) is 2. The monoisotopic (exact) mass is 324 g/mol. The summed E-state index contributed by atoms with van der Waals surface area (Å²) in [7, 11) is 0. The van der Waals surface area contributed by atoms with Crippen molar-refractivity contribution in [2.75, 3.05) is 17.2 Å². The third-order valence-electron chi connectivity index (χ3n) is 3.17. The number of hydrogen-bond donors (Lipinski definition) is 2. The molecule has 124 valence electrons. The number of benzene rings is 1. The van der Waals surface area contributed by atoms with Crippen molar-refractivity contribution in [2.24, 2.45) is 0 Å². The van der Waals surface area contributed by atoms with Crippen molar-refractivity contribution >= 4 is 17.5 Å². The summed E-state index contributed by atoms with van der Waals surface area (Å²) in [6, 6.07) is 7.03. The fourth-order valence-corrected chi connectivity index (χ4v) is 2.07. The first-order chi connectivity index (χ1) is 10.9. The highest BCUT2D eigenvalue weighted by Crippen LogP contribution is 2.35. The summed E-state index contributed by atoms with van der Waals surface area (Å²) in [5, 5.41) is 5.81. The van der Waals surface area contributed by atoms with E-state index in [1.165, 1.54) is 18.2 Å². The Morgan fingerprint density at radius 2 is 1.87 bits per heavy atom. The van der Waals surface area contributed by atoms with E-state index in [0.29, 0.717) is 11.5 Å². The molecule has 0 atom stereocenters. The van der Waals surface area contributed by atoms with E-state index < -0.39 is 11.7 Å².